The Morgan fingerprint density at radius 3 is 2.44 bits per heavy atom. The van der Waals surface area contributed by atoms with E-state index in [1.807, 2.05) is 13.8 Å². The Morgan fingerprint density at radius 1 is 1.31 bits per heavy atom. The number of benzene rings is 1. The van der Waals surface area contributed by atoms with E-state index >= 15 is 0 Å². The minimum absolute atomic E-state index is 0.328. The quantitative estimate of drug-likeness (QED) is 0.765. The number of nitrogens with one attached hydrogen (secondary N) is 1. The van der Waals surface area contributed by atoms with Crippen LogP contribution in [0.25, 0.3) is 0 Å². The molecular weight excluding hydrogens is 198 g/mol. The summed E-state index contributed by atoms with van der Waals surface area (Å²) in [5, 5.41) is 3.31. The molecule has 0 aliphatic heterocycles. The predicted octanol–water partition coefficient (Wildman–Crippen LogP) is 2.42. The van der Waals surface area contributed by atoms with Crippen LogP contribution in [0.4, 0.5) is 0 Å². The van der Waals surface area contributed by atoms with Crippen molar-refractivity contribution in [3.05, 3.63) is 28.8 Å². The van der Waals surface area contributed by atoms with Crippen molar-refractivity contribution < 1.29 is 4.74 Å². The second-order valence-corrected chi connectivity index (χ2v) is 3.83. The largest absolute Gasteiger partial charge is 0.480 e. The Balaban J connectivity index is 2.85. The number of ether oxygens (including phenoxy) is 1. The van der Waals surface area contributed by atoms with Crippen molar-refractivity contribution >= 4 is 0 Å². The van der Waals surface area contributed by atoms with Gasteiger partial charge in [-0.2, -0.15) is 0 Å². The molecule has 86 valence electrons. The maximum absolute atomic E-state index is 5.52. The highest BCUT2D eigenvalue weighted by molar-refractivity contribution is 5.43. The third-order valence-corrected chi connectivity index (χ3v) is 2.40. The first kappa shape index (κ1) is 12.6. The molecule has 0 aliphatic rings. The highest BCUT2D eigenvalue weighted by Crippen LogP contribution is 2.24. The first-order valence-corrected chi connectivity index (χ1v) is 5.56. The van der Waals surface area contributed by atoms with Gasteiger partial charge in [0.2, 0.25) is 0 Å². The first-order chi connectivity index (χ1) is 7.69. The second-order valence-electron chi connectivity index (χ2n) is 3.83. The molecule has 0 heterocycles. The highest BCUT2D eigenvalue weighted by Gasteiger charge is 2.05. The van der Waals surface area contributed by atoms with Gasteiger partial charge in [0.1, 0.15) is 12.4 Å². The van der Waals surface area contributed by atoms with E-state index in [0.29, 0.717) is 6.61 Å². The van der Waals surface area contributed by atoms with E-state index in [9.17, 15) is 0 Å². The molecule has 16 heavy (non-hydrogen) atoms. The molecule has 0 radical (unpaired) electrons. The van der Waals surface area contributed by atoms with Gasteiger partial charge in [-0.05, 0) is 37.1 Å². The van der Waals surface area contributed by atoms with Crippen molar-refractivity contribution in [2.75, 3.05) is 13.2 Å². The fourth-order valence-corrected chi connectivity index (χ4v) is 1.75. The van der Waals surface area contributed by atoms with E-state index < -0.39 is 0 Å². The van der Waals surface area contributed by atoms with E-state index in [0.717, 1.165) is 30.0 Å². The van der Waals surface area contributed by atoms with E-state index in [4.69, 9.17) is 11.2 Å². The predicted molar refractivity (Wildman–Crippen MR) is 67.6 cm³/mol. The van der Waals surface area contributed by atoms with E-state index in [1.54, 1.807) is 0 Å². The Morgan fingerprint density at radius 2 is 1.94 bits per heavy atom. The van der Waals surface area contributed by atoms with Gasteiger partial charge < -0.3 is 10.1 Å². The van der Waals surface area contributed by atoms with Crippen molar-refractivity contribution in [3.8, 4) is 18.1 Å². The molecule has 0 fully saturated rings. The number of rotatable bonds is 5. The lowest BCUT2D eigenvalue weighted by Crippen LogP contribution is -2.12. The van der Waals surface area contributed by atoms with E-state index in [-0.39, 0.29) is 0 Å². The summed E-state index contributed by atoms with van der Waals surface area (Å²) in [6.07, 6.45) is 5.19. The van der Waals surface area contributed by atoms with Crippen LogP contribution in [-0.2, 0) is 6.54 Å². The van der Waals surface area contributed by atoms with Crippen molar-refractivity contribution in [3.63, 3.8) is 0 Å². The van der Waals surface area contributed by atoms with Crippen LogP contribution in [0.1, 0.15) is 23.6 Å². The third kappa shape index (κ3) is 3.29. The Hall–Kier alpha value is -1.46. The topological polar surface area (TPSA) is 21.3 Å². The zero-order valence-corrected chi connectivity index (χ0v) is 10.3. The average Bonchev–Trinajstić information content (AvgIpc) is 2.25. The van der Waals surface area contributed by atoms with Crippen LogP contribution in [0.5, 0.6) is 5.75 Å². The Kier molecular flexibility index (Phi) is 4.88. The van der Waals surface area contributed by atoms with Crippen LogP contribution in [-0.4, -0.2) is 13.2 Å². The summed E-state index contributed by atoms with van der Waals surface area (Å²) >= 11 is 0. The molecule has 1 aromatic rings. The molecule has 0 aliphatic carbocycles. The molecule has 1 N–H and O–H groups in total. The Labute approximate surface area is 98.0 Å². The monoisotopic (exact) mass is 217 g/mol. The van der Waals surface area contributed by atoms with Crippen molar-refractivity contribution in [1.82, 2.24) is 5.32 Å². The van der Waals surface area contributed by atoms with Gasteiger partial charge >= 0.3 is 0 Å². The molecule has 0 saturated heterocycles. The molecular formula is C14H19NO. The summed E-state index contributed by atoms with van der Waals surface area (Å²) in [6, 6.07) is 4.28. The van der Waals surface area contributed by atoms with Crippen LogP contribution in [0.3, 0.4) is 0 Å². The molecule has 1 aromatic carbocycles. The molecule has 1 rings (SSSR count). The molecule has 0 unspecified atom stereocenters. The summed E-state index contributed by atoms with van der Waals surface area (Å²) in [7, 11) is 0. The molecule has 0 saturated carbocycles. The lowest BCUT2D eigenvalue weighted by molar-refractivity contribution is 0.365. The smallest absolute Gasteiger partial charge is 0.148 e. The van der Waals surface area contributed by atoms with Gasteiger partial charge in [0.25, 0.3) is 0 Å². The van der Waals surface area contributed by atoms with Gasteiger partial charge in [-0.25, -0.2) is 0 Å². The van der Waals surface area contributed by atoms with Crippen molar-refractivity contribution in [1.29, 1.82) is 0 Å². The maximum atomic E-state index is 5.52. The van der Waals surface area contributed by atoms with Crippen molar-refractivity contribution in [2.24, 2.45) is 0 Å². The zero-order valence-electron chi connectivity index (χ0n) is 10.3. The summed E-state index contributed by atoms with van der Waals surface area (Å²) in [5.41, 5.74) is 3.57. The number of aryl methyl sites for hydroxylation is 2. The zero-order chi connectivity index (χ0) is 12.0. The van der Waals surface area contributed by atoms with Gasteiger partial charge in [-0.15, -0.1) is 6.42 Å². The fraction of sp³-hybridized carbons (Fsp3) is 0.429. The maximum Gasteiger partial charge on any atom is 0.148 e. The highest BCUT2D eigenvalue weighted by atomic mass is 16.5. The van der Waals surface area contributed by atoms with E-state index in [1.165, 1.54) is 5.56 Å². The van der Waals surface area contributed by atoms with Gasteiger partial charge in [-0.1, -0.05) is 25.0 Å². The molecule has 2 nitrogen and oxygen atoms in total. The summed E-state index contributed by atoms with van der Waals surface area (Å²) in [6.45, 7) is 8.40. The van der Waals surface area contributed by atoms with Crippen LogP contribution in [0.15, 0.2) is 12.1 Å². The molecule has 2 heteroatoms. The number of terminal acetylenes is 1. The summed E-state index contributed by atoms with van der Waals surface area (Å²) < 4.78 is 5.52. The van der Waals surface area contributed by atoms with Gasteiger partial charge in [0.15, 0.2) is 0 Å². The lowest BCUT2D eigenvalue weighted by Gasteiger charge is -2.12. The molecule has 0 amide bonds. The Bertz CT molecular complexity index is 367. The van der Waals surface area contributed by atoms with Crippen LogP contribution in [0.2, 0.25) is 0 Å². The average molecular weight is 217 g/mol. The molecule has 0 atom stereocenters. The van der Waals surface area contributed by atoms with Gasteiger partial charge in [0.05, 0.1) is 0 Å². The standard InChI is InChI=1S/C14H19NO/c1-5-7-16-14-11(3)8-13(9-12(14)4)10-15-6-2/h1,8-9,15H,6-7,10H2,2-4H3. The van der Waals surface area contributed by atoms with Gasteiger partial charge in [-0.3, -0.25) is 0 Å². The first-order valence-electron chi connectivity index (χ1n) is 5.56. The number of hydrogen-bond donors (Lipinski definition) is 1. The third-order valence-electron chi connectivity index (χ3n) is 2.40. The van der Waals surface area contributed by atoms with Crippen molar-refractivity contribution in [2.45, 2.75) is 27.3 Å². The van der Waals surface area contributed by atoms with E-state index in [2.05, 4.69) is 30.3 Å². The summed E-state index contributed by atoms with van der Waals surface area (Å²) in [5.74, 6) is 3.40. The van der Waals surface area contributed by atoms with Crippen LogP contribution >= 0.6 is 0 Å². The number of hydrogen-bond acceptors (Lipinski definition) is 2. The van der Waals surface area contributed by atoms with Gasteiger partial charge in [0, 0.05) is 6.54 Å². The lowest BCUT2D eigenvalue weighted by atomic mass is 10.1. The van der Waals surface area contributed by atoms with Crippen LogP contribution < -0.4 is 10.1 Å². The minimum Gasteiger partial charge on any atom is -0.480 e. The fourth-order valence-electron chi connectivity index (χ4n) is 1.75. The SMILES string of the molecule is C#CCOc1c(C)cc(CNCC)cc1C. The summed E-state index contributed by atoms with van der Waals surface area (Å²) in [4.78, 5) is 0. The normalized spacial score (nSPS) is 9.88. The minimum atomic E-state index is 0.328. The molecule has 0 spiro atoms. The molecule has 0 bridgehead atoms. The van der Waals surface area contributed by atoms with Crippen LogP contribution in [0, 0.1) is 26.2 Å². The second kappa shape index (κ2) is 6.19. The molecule has 0 aromatic heterocycles.